The third-order valence-electron chi connectivity index (χ3n) is 7.51. The second kappa shape index (κ2) is 15.4. The van der Waals surface area contributed by atoms with Gasteiger partial charge in [0.25, 0.3) is 10.0 Å². The molecule has 0 aliphatic rings. The minimum atomic E-state index is -4.21. The number of hydrogen-bond acceptors (Lipinski definition) is 4. The van der Waals surface area contributed by atoms with Crippen LogP contribution in [0.15, 0.2) is 108 Å². The van der Waals surface area contributed by atoms with E-state index in [1.54, 1.807) is 42.5 Å². The van der Waals surface area contributed by atoms with Gasteiger partial charge in [0.15, 0.2) is 0 Å². The van der Waals surface area contributed by atoms with Gasteiger partial charge in [-0.15, -0.1) is 0 Å². The van der Waals surface area contributed by atoms with Crippen LogP contribution < -0.4 is 9.62 Å². The van der Waals surface area contributed by atoms with Crippen LogP contribution in [0.3, 0.4) is 0 Å². The molecule has 2 atom stereocenters. The van der Waals surface area contributed by atoms with Crippen molar-refractivity contribution in [3.63, 3.8) is 0 Å². The fourth-order valence-electron chi connectivity index (χ4n) is 4.83. The maximum atomic E-state index is 14.5. The van der Waals surface area contributed by atoms with Gasteiger partial charge in [-0.25, -0.2) is 8.42 Å². The number of anilines is 1. The van der Waals surface area contributed by atoms with E-state index in [0.29, 0.717) is 22.2 Å². The van der Waals surface area contributed by atoms with Crippen LogP contribution in [0.5, 0.6) is 0 Å². The number of hydrogen-bond donors (Lipinski definition) is 1. The minimum Gasteiger partial charge on any atom is -0.352 e. The molecule has 0 saturated carbocycles. The van der Waals surface area contributed by atoms with Gasteiger partial charge in [-0.3, -0.25) is 13.9 Å². The van der Waals surface area contributed by atoms with Crippen molar-refractivity contribution in [2.24, 2.45) is 0 Å². The lowest BCUT2D eigenvalue weighted by atomic mass is 10.0. The Labute approximate surface area is 275 Å². The third-order valence-corrected chi connectivity index (χ3v) is 9.80. The lowest BCUT2D eigenvalue weighted by Crippen LogP contribution is -2.54. The number of sulfonamides is 1. The molecule has 0 aromatic heterocycles. The van der Waals surface area contributed by atoms with Crippen molar-refractivity contribution in [2.75, 3.05) is 10.8 Å². The second-order valence-electron chi connectivity index (χ2n) is 11.0. The van der Waals surface area contributed by atoms with Crippen LogP contribution in [-0.2, 0) is 32.6 Å². The van der Waals surface area contributed by atoms with Crippen LogP contribution >= 0.6 is 23.2 Å². The van der Waals surface area contributed by atoms with Gasteiger partial charge in [-0.05, 0) is 85.5 Å². The van der Waals surface area contributed by atoms with Crippen molar-refractivity contribution in [2.45, 2.75) is 57.1 Å². The molecule has 0 saturated heterocycles. The predicted octanol–water partition coefficient (Wildman–Crippen LogP) is 7.05. The maximum absolute atomic E-state index is 14.5. The van der Waals surface area contributed by atoms with Crippen LogP contribution in [0.2, 0.25) is 10.0 Å². The summed E-state index contributed by atoms with van der Waals surface area (Å²) in [6.07, 6.45) is 0.937. The number of rotatable bonds is 13. The second-order valence-corrected chi connectivity index (χ2v) is 13.7. The first-order valence-corrected chi connectivity index (χ1v) is 16.9. The summed E-state index contributed by atoms with van der Waals surface area (Å²) in [5.74, 6) is -0.859. The average molecular weight is 667 g/mol. The molecule has 0 unspecified atom stereocenters. The van der Waals surface area contributed by atoms with E-state index in [0.717, 1.165) is 21.0 Å². The highest BCUT2D eigenvalue weighted by atomic mass is 35.5. The molecule has 4 aromatic carbocycles. The number of benzene rings is 4. The smallest absolute Gasteiger partial charge is 0.264 e. The van der Waals surface area contributed by atoms with Gasteiger partial charge in [0.05, 0.1) is 10.6 Å². The number of nitrogens with one attached hydrogen (secondary N) is 1. The normalized spacial score (nSPS) is 12.6. The standard InChI is InChI=1S/C35H37Cl2N3O4S/c1-4-26(3)38-35(42)33(22-27-10-6-5-7-11-27)39(23-28-13-15-29(36)16-14-28)34(41)24-40(31-12-8-9-25(2)21-31)45(43,44)32-19-17-30(37)18-20-32/h5-21,26,33H,4,22-24H2,1-3H3,(H,38,42)/t26-,33+/m0/s1. The Balaban J connectivity index is 1.80. The van der Waals surface area contributed by atoms with Gasteiger partial charge in [0.2, 0.25) is 11.8 Å². The number of amides is 2. The van der Waals surface area contributed by atoms with E-state index in [1.165, 1.54) is 29.2 Å². The number of carbonyl (C=O) groups excluding carboxylic acids is 2. The third kappa shape index (κ3) is 9.10. The minimum absolute atomic E-state index is 0.0131. The molecule has 4 rings (SSSR count). The Hall–Kier alpha value is -3.85. The zero-order chi connectivity index (χ0) is 32.6. The number of carbonyl (C=O) groups is 2. The molecule has 0 aliphatic carbocycles. The predicted molar refractivity (Wildman–Crippen MR) is 181 cm³/mol. The number of nitrogens with zero attached hydrogens (tertiary/aromatic N) is 2. The van der Waals surface area contributed by atoms with E-state index in [-0.39, 0.29) is 29.8 Å². The summed E-state index contributed by atoms with van der Waals surface area (Å²) in [4.78, 5) is 29.8. The quantitative estimate of drug-likeness (QED) is 0.166. The van der Waals surface area contributed by atoms with Gasteiger partial charge in [0.1, 0.15) is 12.6 Å². The van der Waals surface area contributed by atoms with Gasteiger partial charge >= 0.3 is 0 Å². The Morgan fingerprint density at radius 3 is 2.04 bits per heavy atom. The van der Waals surface area contributed by atoms with E-state index in [2.05, 4.69) is 5.32 Å². The molecule has 10 heteroatoms. The zero-order valence-electron chi connectivity index (χ0n) is 25.5. The highest BCUT2D eigenvalue weighted by Crippen LogP contribution is 2.27. The molecule has 4 aromatic rings. The topological polar surface area (TPSA) is 86.8 Å². The van der Waals surface area contributed by atoms with E-state index in [1.807, 2.05) is 57.2 Å². The molecule has 7 nitrogen and oxygen atoms in total. The van der Waals surface area contributed by atoms with E-state index in [4.69, 9.17) is 23.2 Å². The summed E-state index contributed by atoms with van der Waals surface area (Å²) in [6.45, 7) is 5.24. The monoisotopic (exact) mass is 665 g/mol. The first kappa shape index (κ1) is 34.0. The van der Waals surface area contributed by atoms with Crippen LogP contribution in [0.1, 0.15) is 37.0 Å². The lowest BCUT2D eigenvalue weighted by Gasteiger charge is -2.34. The fourth-order valence-corrected chi connectivity index (χ4v) is 6.49. The van der Waals surface area contributed by atoms with E-state index >= 15 is 0 Å². The van der Waals surface area contributed by atoms with Crippen molar-refractivity contribution in [1.29, 1.82) is 0 Å². The average Bonchev–Trinajstić information content (AvgIpc) is 3.02. The fraction of sp³-hybridized carbons (Fsp3) is 0.257. The molecule has 1 N–H and O–H groups in total. The van der Waals surface area contributed by atoms with Crippen molar-refractivity contribution in [1.82, 2.24) is 10.2 Å². The largest absolute Gasteiger partial charge is 0.352 e. The SMILES string of the molecule is CC[C@H](C)NC(=O)[C@@H](Cc1ccccc1)N(Cc1ccc(Cl)cc1)C(=O)CN(c1cccc(C)c1)S(=O)(=O)c1ccc(Cl)cc1. The summed E-state index contributed by atoms with van der Waals surface area (Å²) in [6, 6.07) is 28.1. The molecule has 236 valence electrons. The Morgan fingerprint density at radius 2 is 1.44 bits per heavy atom. The molecule has 2 amide bonds. The van der Waals surface area contributed by atoms with Gasteiger partial charge < -0.3 is 10.2 Å². The van der Waals surface area contributed by atoms with Gasteiger partial charge in [-0.2, -0.15) is 0 Å². The molecule has 0 radical (unpaired) electrons. The molecule has 0 aliphatic heterocycles. The lowest BCUT2D eigenvalue weighted by molar-refractivity contribution is -0.140. The van der Waals surface area contributed by atoms with E-state index in [9.17, 15) is 18.0 Å². The molecule has 0 spiro atoms. The van der Waals surface area contributed by atoms with Crippen molar-refractivity contribution >= 4 is 50.7 Å². The van der Waals surface area contributed by atoms with Crippen molar-refractivity contribution in [3.8, 4) is 0 Å². The summed E-state index contributed by atoms with van der Waals surface area (Å²) in [5, 5.41) is 3.96. The molecule has 0 fully saturated rings. The number of aryl methyl sites for hydroxylation is 1. The highest BCUT2D eigenvalue weighted by Gasteiger charge is 2.35. The Morgan fingerprint density at radius 1 is 0.822 bits per heavy atom. The van der Waals surface area contributed by atoms with E-state index < -0.39 is 28.5 Å². The first-order valence-electron chi connectivity index (χ1n) is 14.7. The van der Waals surface area contributed by atoms with Crippen LogP contribution in [0.4, 0.5) is 5.69 Å². The molecular weight excluding hydrogens is 629 g/mol. The highest BCUT2D eigenvalue weighted by molar-refractivity contribution is 7.92. The van der Waals surface area contributed by atoms with Crippen molar-refractivity contribution < 1.29 is 18.0 Å². The van der Waals surface area contributed by atoms with Crippen LogP contribution in [-0.4, -0.2) is 43.8 Å². The molecule has 0 bridgehead atoms. The Kier molecular flexibility index (Phi) is 11.7. The summed E-state index contributed by atoms with van der Waals surface area (Å²) in [5.41, 5.74) is 2.75. The molecule has 45 heavy (non-hydrogen) atoms. The summed E-state index contributed by atoms with van der Waals surface area (Å²) < 4.78 is 29.3. The van der Waals surface area contributed by atoms with Gasteiger partial charge in [-0.1, -0.05) is 84.7 Å². The zero-order valence-corrected chi connectivity index (χ0v) is 27.8. The Bertz CT molecular complexity index is 1700. The summed E-state index contributed by atoms with van der Waals surface area (Å²) in [7, 11) is -4.21. The van der Waals surface area contributed by atoms with Crippen molar-refractivity contribution in [3.05, 3.63) is 130 Å². The van der Waals surface area contributed by atoms with Crippen LogP contribution in [0.25, 0.3) is 0 Å². The van der Waals surface area contributed by atoms with Gasteiger partial charge in [0, 0.05) is 29.1 Å². The molecule has 0 heterocycles. The first-order chi connectivity index (χ1) is 21.5. The summed E-state index contributed by atoms with van der Waals surface area (Å²) >= 11 is 12.2. The van der Waals surface area contributed by atoms with Crippen LogP contribution in [0, 0.1) is 6.92 Å². The molecular formula is C35H37Cl2N3O4S. The maximum Gasteiger partial charge on any atom is 0.264 e. The number of halogens is 2.